The van der Waals surface area contributed by atoms with Gasteiger partial charge in [0.05, 0.1) is 11.4 Å². The van der Waals surface area contributed by atoms with E-state index >= 15 is 0 Å². The number of nitrogens with zero attached hydrogens (tertiary/aromatic N) is 3. The van der Waals surface area contributed by atoms with Gasteiger partial charge < -0.3 is 0 Å². The summed E-state index contributed by atoms with van der Waals surface area (Å²) in [6, 6.07) is 0. The molecule has 0 saturated carbocycles. The third-order valence-electron chi connectivity index (χ3n) is 2.39. The molecule has 15 heavy (non-hydrogen) atoms. The Morgan fingerprint density at radius 2 is 2.20 bits per heavy atom. The molecule has 0 radical (unpaired) electrons. The van der Waals surface area contributed by atoms with Crippen LogP contribution < -0.4 is 11.3 Å². The highest BCUT2D eigenvalue weighted by atomic mass is 32.1. The second kappa shape index (κ2) is 3.63. The van der Waals surface area contributed by atoms with Crippen LogP contribution in [0.4, 0.5) is 5.13 Å². The van der Waals surface area contributed by atoms with Gasteiger partial charge in [-0.15, -0.1) is 11.3 Å². The Hall–Kier alpha value is -1.40. The SMILES string of the molecule is Cc1nn(C)c(C)c1-c1csc(NN)n1. The molecule has 5 nitrogen and oxygen atoms in total. The number of nitrogens with two attached hydrogens (primary N) is 1. The molecule has 2 aromatic heterocycles. The molecule has 0 bridgehead atoms. The molecular weight excluding hydrogens is 210 g/mol. The van der Waals surface area contributed by atoms with Crippen LogP contribution >= 0.6 is 11.3 Å². The van der Waals surface area contributed by atoms with Crippen LogP contribution in [-0.2, 0) is 7.05 Å². The first-order chi connectivity index (χ1) is 7.13. The fourth-order valence-electron chi connectivity index (χ4n) is 1.60. The molecule has 0 aromatic carbocycles. The maximum absolute atomic E-state index is 5.30. The summed E-state index contributed by atoms with van der Waals surface area (Å²) in [5, 5.41) is 7.05. The normalized spacial score (nSPS) is 10.7. The van der Waals surface area contributed by atoms with Crippen molar-refractivity contribution in [2.75, 3.05) is 5.43 Å². The lowest BCUT2D eigenvalue weighted by atomic mass is 10.1. The van der Waals surface area contributed by atoms with Gasteiger partial charge in [-0.1, -0.05) is 0 Å². The van der Waals surface area contributed by atoms with E-state index in [4.69, 9.17) is 5.84 Å². The predicted octanol–water partition coefficient (Wildman–Crippen LogP) is 1.45. The summed E-state index contributed by atoms with van der Waals surface area (Å²) in [6.07, 6.45) is 0. The largest absolute Gasteiger partial charge is 0.300 e. The van der Waals surface area contributed by atoms with E-state index in [9.17, 15) is 0 Å². The zero-order valence-electron chi connectivity index (χ0n) is 8.90. The summed E-state index contributed by atoms with van der Waals surface area (Å²) in [7, 11) is 1.93. The number of nitrogens with one attached hydrogen (secondary N) is 1. The van der Waals surface area contributed by atoms with Gasteiger partial charge in [-0.2, -0.15) is 5.10 Å². The number of hydrazine groups is 1. The molecule has 2 heterocycles. The van der Waals surface area contributed by atoms with Crippen LogP contribution in [0.3, 0.4) is 0 Å². The molecule has 0 unspecified atom stereocenters. The molecule has 0 saturated heterocycles. The second-order valence-corrected chi connectivity index (χ2v) is 4.21. The molecular formula is C9H13N5S. The van der Waals surface area contributed by atoms with Gasteiger partial charge in [0.15, 0.2) is 5.13 Å². The molecule has 0 atom stereocenters. The lowest BCUT2D eigenvalue weighted by molar-refractivity contribution is 0.731. The van der Waals surface area contributed by atoms with Gasteiger partial charge in [-0.25, -0.2) is 10.8 Å². The number of thiazole rings is 1. The Labute approximate surface area is 91.9 Å². The maximum Gasteiger partial charge on any atom is 0.197 e. The molecule has 0 fully saturated rings. The van der Waals surface area contributed by atoms with E-state index < -0.39 is 0 Å². The summed E-state index contributed by atoms with van der Waals surface area (Å²) in [6.45, 7) is 4.02. The summed E-state index contributed by atoms with van der Waals surface area (Å²) < 4.78 is 1.86. The van der Waals surface area contributed by atoms with Crippen molar-refractivity contribution < 1.29 is 0 Å². The quantitative estimate of drug-likeness (QED) is 0.597. The molecule has 0 amide bonds. The fourth-order valence-corrected chi connectivity index (χ4v) is 2.21. The molecule has 0 aliphatic carbocycles. The van der Waals surface area contributed by atoms with E-state index in [1.54, 1.807) is 0 Å². The van der Waals surface area contributed by atoms with Gasteiger partial charge in [-0.3, -0.25) is 10.1 Å². The first-order valence-electron chi connectivity index (χ1n) is 4.56. The summed E-state index contributed by atoms with van der Waals surface area (Å²) in [4.78, 5) is 4.36. The number of aryl methyl sites for hydroxylation is 2. The summed E-state index contributed by atoms with van der Waals surface area (Å²) in [5.74, 6) is 5.30. The van der Waals surface area contributed by atoms with E-state index in [0.29, 0.717) is 5.13 Å². The molecule has 0 aliphatic heterocycles. The van der Waals surface area contributed by atoms with Crippen LogP contribution in [-0.4, -0.2) is 14.8 Å². The lowest BCUT2D eigenvalue weighted by Gasteiger charge is -1.97. The van der Waals surface area contributed by atoms with Crippen molar-refractivity contribution in [1.29, 1.82) is 0 Å². The molecule has 0 spiro atoms. The Kier molecular flexibility index (Phi) is 2.45. The van der Waals surface area contributed by atoms with Gasteiger partial charge in [0, 0.05) is 23.7 Å². The minimum atomic E-state index is 0.715. The van der Waals surface area contributed by atoms with Crippen molar-refractivity contribution in [2.24, 2.45) is 12.9 Å². The van der Waals surface area contributed by atoms with Crippen molar-refractivity contribution in [2.45, 2.75) is 13.8 Å². The van der Waals surface area contributed by atoms with Crippen molar-refractivity contribution in [1.82, 2.24) is 14.8 Å². The van der Waals surface area contributed by atoms with Gasteiger partial charge in [0.25, 0.3) is 0 Å². The number of hydrogen-bond acceptors (Lipinski definition) is 5. The standard InChI is InChI=1S/C9H13N5S/c1-5-8(6(2)14(3)13-5)7-4-15-9(11-7)12-10/h4H,10H2,1-3H3,(H,11,12). The Balaban J connectivity index is 2.53. The third kappa shape index (κ3) is 1.62. The molecule has 3 N–H and O–H groups in total. The molecule has 80 valence electrons. The lowest BCUT2D eigenvalue weighted by Crippen LogP contribution is -2.05. The summed E-state index contributed by atoms with van der Waals surface area (Å²) in [5.41, 5.74) is 6.66. The van der Waals surface area contributed by atoms with Crippen LogP contribution in [0.2, 0.25) is 0 Å². The van der Waals surface area contributed by atoms with Gasteiger partial charge in [0.2, 0.25) is 0 Å². The highest BCUT2D eigenvalue weighted by Crippen LogP contribution is 2.29. The number of nitrogen functional groups attached to an aromatic ring is 1. The Morgan fingerprint density at radius 3 is 2.67 bits per heavy atom. The van der Waals surface area contributed by atoms with Crippen LogP contribution in [0.1, 0.15) is 11.4 Å². The Morgan fingerprint density at radius 1 is 1.47 bits per heavy atom. The smallest absolute Gasteiger partial charge is 0.197 e. The van der Waals surface area contributed by atoms with Crippen LogP contribution in [0.15, 0.2) is 5.38 Å². The number of rotatable bonds is 2. The average Bonchev–Trinajstić information content (AvgIpc) is 2.74. The highest BCUT2D eigenvalue weighted by molar-refractivity contribution is 7.14. The maximum atomic E-state index is 5.30. The number of anilines is 1. The molecule has 2 rings (SSSR count). The van der Waals surface area contributed by atoms with Crippen molar-refractivity contribution >= 4 is 16.5 Å². The van der Waals surface area contributed by atoms with Crippen LogP contribution in [0, 0.1) is 13.8 Å². The van der Waals surface area contributed by atoms with Crippen LogP contribution in [0.25, 0.3) is 11.3 Å². The average molecular weight is 223 g/mol. The first kappa shape index (κ1) is 10.1. The fraction of sp³-hybridized carbons (Fsp3) is 0.333. The minimum Gasteiger partial charge on any atom is -0.300 e. The highest BCUT2D eigenvalue weighted by Gasteiger charge is 2.14. The van der Waals surface area contributed by atoms with E-state index in [1.165, 1.54) is 11.3 Å². The van der Waals surface area contributed by atoms with Crippen LogP contribution in [0.5, 0.6) is 0 Å². The molecule has 2 aromatic rings. The van der Waals surface area contributed by atoms with Gasteiger partial charge in [0.1, 0.15) is 0 Å². The van der Waals surface area contributed by atoms with Gasteiger partial charge >= 0.3 is 0 Å². The predicted molar refractivity (Wildman–Crippen MR) is 61.6 cm³/mol. The second-order valence-electron chi connectivity index (χ2n) is 3.35. The van der Waals surface area contributed by atoms with Crippen molar-refractivity contribution in [3.8, 4) is 11.3 Å². The zero-order valence-corrected chi connectivity index (χ0v) is 9.72. The monoisotopic (exact) mass is 223 g/mol. The minimum absolute atomic E-state index is 0.715. The van der Waals surface area contributed by atoms with E-state index in [2.05, 4.69) is 15.5 Å². The third-order valence-corrected chi connectivity index (χ3v) is 3.17. The topological polar surface area (TPSA) is 68.8 Å². The molecule has 0 aliphatic rings. The molecule has 6 heteroatoms. The van der Waals surface area contributed by atoms with Gasteiger partial charge in [-0.05, 0) is 13.8 Å². The van der Waals surface area contributed by atoms with E-state index in [0.717, 1.165) is 22.6 Å². The van der Waals surface area contributed by atoms with Crippen molar-refractivity contribution in [3.05, 3.63) is 16.8 Å². The zero-order chi connectivity index (χ0) is 11.0. The van der Waals surface area contributed by atoms with E-state index in [1.807, 2.05) is 31.0 Å². The first-order valence-corrected chi connectivity index (χ1v) is 5.44. The van der Waals surface area contributed by atoms with E-state index in [-0.39, 0.29) is 0 Å². The Bertz CT molecular complexity index is 485. The summed E-state index contributed by atoms with van der Waals surface area (Å²) >= 11 is 1.49. The number of hydrogen-bond donors (Lipinski definition) is 2. The number of aromatic nitrogens is 3. The van der Waals surface area contributed by atoms with Crippen molar-refractivity contribution in [3.63, 3.8) is 0 Å².